The average molecular weight is 548 g/mol. The third-order valence-electron chi connectivity index (χ3n) is 6.64. The number of carbonyl (C=O) groups is 4. The van der Waals surface area contributed by atoms with E-state index in [1.807, 2.05) is 30.3 Å². The number of ether oxygens (including phenoxy) is 1. The zero-order valence-electron chi connectivity index (χ0n) is 20.9. The number of hydrogen-bond acceptors (Lipinski definition) is 6. The smallest absolute Gasteiger partial charge is 0.356 e. The maximum atomic E-state index is 13.2. The predicted molar refractivity (Wildman–Crippen MR) is 132 cm³/mol. The van der Waals surface area contributed by atoms with E-state index in [1.165, 1.54) is 12.3 Å². The van der Waals surface area contributed by atoms with Crippen LogP contribution in [0.25, 0.3) is 11.3 Å². The highest BCUT2D eigenvalue weighted by Crippen LogP contribution is 2.35. The van der Waals surface area contributed by atoms with Gasteiger partial charge >= 0.3 is 6.36 Å². The van der Waals surface area contributed by atoms with Crippen LogP contribution in [-0.4, -0.2) is 65.5 Å². The van der Waals surface area contributed by atoms with E-state index in [2.05, 4.69) is 30.6 Å². The van der Waals surface area contributed by atoms with Gasteiger partial charge in [0.1, 0.15) is 12.3 Å². The van der Waals surface area contributed by atoms with Crippen LogP contribution in [0.1, 0.15) is 42.6 Å². The number of aliphatic imine (C=N–C) groups is 1. The fraction of sp³-hybridized carbons (Fsp3) is 0.462. The Morgan fingerprint density at radius 1 is 1.15 bits per heavy atom. The van der Waals surface area contributed by atoms with Crippen LogP contribution in [0.4, 0.5) is 13.2 Å². The molecule has 13 heteroatoms. The molecule has 1 saturated carbocycles. The molecule has 39 heavy (non-hydrogen) atoms. The average Bonchev–Trinajstić information content (AvgIpc) is 3.42. The van der Waals surface area contributed by atoms with Gasteiger partial charge < -0.3 is 10.6 Å². The van der Waals surface area contributed by atoms with Gasteiger partial charge in [-0.25, -0.2) is 4.99 Å². The molecule has 1 aromatic carbocycles. The minimum absolute atomic E-state index is 0.111. The molecule has 2 heterocycles. The summed E-state index contributed by atoms with van der Waals surface area (Å²) in [6.07, 6.45) is -1.49. The highest BCUT2D eigenvalue weighted by atomic mass is 19.4. The molecule has 1 unspecified atom stereocenters. The summed E-state index contributed by atoms with van der Waals surface area (Å²) in [6, 6.07) is 9.33. The van der Waals surface area contributed by atoms with Gasteiger partial charge in [-0.05, 0) is 31.2 Å². The third kappa shape index (κ3) is 8.31. The van der Waals surface area contributed by atoms with E-state index >= 15 is 0 Å². The van der Waals surface area contributed by atoms with Crippen LogP contribution < -0.4 is 10.6 Å². The monoisotopic (exact) mass is 547 g/mol. The Hall–Kier alpha value is -3.87. The van der Waals surface area contributed by atoms with Gasteiger partial charge in [0.25, 0.3) is 5.91 Å². The van der Waals surface area contributed by atoms with Crippen LogP contribution in [0.2, 0.25) is 0 Å². The lowest BCUT2D eigenvalue weighted by Gasteiger charge is -2.22. The first-order valence-electron chi connectivity index (χ1n) is 12.6. The second-order valence-corrected chi connectivity index (χ2v) is 9.68. The van der Waals surface area contributed by atoms with E-state index in [9.17, 15) is 32.3 Å². The molecule has 1 aliphatic carbocycles. The SMILES string of the molecule is O=C(N=CC(CC1CC1)C(=O)N[C@@H](C[C@@H]1CCNC1=O)C(=O)COC(F)(F)F)c1cc(-c2ccccc2)n[nH]1. The quantitative estimate of drug-likeness (QED) is 0.349. The molecule has 3 N–H and O–H groups in total. The van der Waals surface area contributed by atoms with Crippen LogP contribution in [0.15, 0.2) is 41.4 Å². The topological polar surface area (TPSA) is 143 Å². The van der Waals surface area contributed by atoms with Gasteiger partial charge in [-0.2, -0.15) is 5.10 Å². The number of nitrogens with zero attached hydrogens (tertiary/aromatic N) is 2. The van der Waals surface area contributed by atoms with E-state index in [0.29, 0.717) is 25.1 Å². The van der Waals surface area contributed by atoms with Crippen LogP contribution in [0, 0.1) is 17.8 Å². The predicted octanol–water partition coefficient (Wildman–Crippen LogP) is 2.82. The first-order chi connectivity index (χ1) is 18.6. The second-order valence-electron chi connectivity index (χ2n) is 9.68. The first kappa shape index (κ1) is 28.1. The summed E-state index contributed by atoms with van der Waals surface area (Å²) in [7, 11) is 0. The van der Waals surface area contributed by atoms with E-state index in [-0.39, 0.29) is 23.9 Å². The van der Waals surface area contributed by atoms with E-state index in [4.69, 9.17) is 0 Å². The largest absolute Gasteiger partial charge is 0.522 e. The first-order valence-corrected chi connectivity index (χ1v) is 12.6. The standard InChI is InChI=1S/C26H28F3N5O5/c27-26(28,29)39-14-22(35)20(11-17-8-9-30-23(17)36)32-24(37)18(10-15-6-7-15)13-31-25(38)21-12-19(33-34-21)16-4-2-1-3-5-16/h1-5,12-13,15,17-18,20H,6-11,14H2,(H,30,36)(H,32,37)(H,33,34)/t17-,18?,20-/m0/s1. The van der Waals surface area contributed by atoms with Gasteiger partial charge in [-0.15, -0.1) is 13.2 Å². The molecule has 2 aromatic rings. The number of benzene rings is 1. The van der Waals surface area contributed by atoms with Crippen LogP contribution in [0.3, 0.4) is 0 Å². The number of Topliss-reactive ketones (excluding diaryl/α,β-unsaturated/α-hetero) is 1. The highest BCUT2D eigenvalue weighted by Gasteiger charge is 2.36. The van der Waals surface area contributed by atoms with Gasteiger partial charge in [0.15, 0.2) is 5.78 Å². The number of H-pyrrole nitrogens is 1. The van der Waals surface area contributed by atoms with Crippen molar-refractivity contribution in [2.24, 2.45) is 22.7 Å². The van der Waals surface area contributed by atoms with Crippen molar-refractivity contribution < 1.29 is 37.1 Å². The minimum Gasteiger partial charge on any atom is -0.356 e. The van der Waals surface area contributed by atoms with Crippen LogP contribution >= 0.6 is 0 Å². The van der Waals surface area contributed by atoms with Crippen molar-refractivity contribution in [2.75, 3.05) is 13.2 Å². The molecule has 10 nitrogen and oxygen atoms in total. The Morgan fingerprint density at radius 2 is 1.90 bits per heavy atom. The van der Waals surface area contributed by atoms with Gasteiger partial charge in [0.05, 0.1) is 17.7 Å². The number of hydrogen-bond donors (Lipinski definition) is 3. The summed E-state index contributed by atoms with van der Waals surface area (Å²) in [5.41, 5.74) is 1.45. The fourth-order valence-electron chi connectivity index (χ4n) is 4.32. The Balaban J connectivity index is 1.45. The molecule has 208 valence electrons. The van der Waals surface area contributed by atoms with Gasteiger partial charge in [0.2, 0.25) is 11.8 Å². The molecule has 1 aliphatic heterocycles. The highest BCUT2D eigenvalue weighted by molar-refractivity contribution is 6.03. The Kier molecular flexibility index (Phi) is 8.90. The lowest BCUT2D eigenvalue weighted by atomic mass is 9.94. The second kappa shape index (κ2) is 12.3. The number of aromatic nitrogens is 2. The molecule has 2 fully saturated rings. The molecule has 2 aliphatic rings. The number of carbonyl (C=O) groups excluding carboxylic acids is 4. The van der Waals surface area contributed by atoms with Crippen molar-refractivity contribution in [3.63, 3.8) is 0 Å². The maximum Gasteiger partial charge on any atom is 0.522 e. The van der Waals surface area contributed by atoms with Crippen molar-refractivity contribution in [2.45, 2.75) is 44.5 Å². The number of halogens is 3. The third-order valence-corrected chi connectivity index (χ3v) is 6.64. The van der Waals surface area contributed by atoms with Crippen LogP contribution in [0.5, 0.6) is 0 Å². The molecule has 4 rings (SSSR count). The van der Waals surface area contributed by atoms with Gasteiger partial charge in [-0.3, -0.25) is 29.0 Å². The molecule has 3 atom stereocenters. The Bertz CT molecular complexity index is 1230. The lowest BCUT2D eigenvalue weighted by Crippen LogP contribution is -2.47. The van der Waals surface area contributed by atoms with E-state index in [0.717, 1.165) is 18.4 Å². The zero-order valence-corrected chi connectivity index (χ0v) is 20.9. The number of amides is 3. The fourth-order valence-corrected chi connectivity index (χ4v) is 4.32. The Labute approximate surface area is 221 Å². The normalized spacial score (nSPS) is 19.1. The van der Waals surface area contributed by atoms with Crippen molar-refractivity contribution in [3.8, 4) is 11.3 Å². The molecule has 1 saturated heterocycles. The number of nitrogens with one attached hydrogen (secondary N) is 3. The number of alkyl halides is 3. The molecular weight excluding hydrogens is 519 g/mol. The summed E-state index contributed by atoms with van der Waals surface area (Å²) in [4.78, 5) is 54.4. The van der Waals surface area contributed by atoms with Crippen molar-refractivity contribution in [1.29, 1.82) is 0 Å². The molecule has 1 aromatic heterocycles. The summed E-state index contributed by atoms with van der Waals surface area (Å²) in [6.45, 7) is -0.928. The molecule has 0 spiro atoms. The lowest BCUT2D eigenvalue weighted by molar-refractivity contribution is -0.321. The van der Waals surface area contributed by atoms with Crippen molar-refractivity contribution in [1.82, 2.24) is 20.8 Å². The van der Waals surface area contributed by atoms with Crippen molar-refractivity contribution >= 4 is 29.7 Å². The number of rotatable bonds is 12. The van der Waals surface area contributed by atoms with E-state index in [1.54, 1.807) is 0 Å². The summed E-state index contributed by atoms with van der Waals surface area (Å²) >= 11 is 0. The van der Waals surface area contributed by atoms with Gasteiger partial charge in [-0.1, -0.05) is 43.2 Å². The maximum absolute atomic E-state index is 13.2. The van der Waals surface area contributed by atoms with Crippen LogP contribution in [-0.2, 0) is 19.1 Å². The summed E-state index contributed by atoms with van der Waals surface area (Å²) < 4.78 is 41.2. The molecule has 0 bridgehead atoms. The molecule has 0 radical (unpaired) electrons. The summed E-state index contributed by atoms with van der Waals surface area (Å²) in [5, 5.41) is 11.8. The van der Waals surface area contributed by atoms with Gasteiger partial charge in [0, 0.05) is 24.2 Å². The minimum atomic E-state index is -5.02. The number of aromatic amines is 1. The zero-order chi connectivity index (χ0) is 28.0. The Morgan fingerprint density at radius 3 is 2.54 bits per heavy atom. The molecule has 3 amide bonds. The number of ketones is 1. The summed E-state index contributed by atoms with van der Waals surface area (Å²) in [5.74, 6) is -4.00. The molecular formula is C26H28F3N5O5. The van der Waals surface area contributed by atoms with Crippen molar-refractivity contribution in [3.05, 3.63) is 42.1 Å². The van der Waals surface area contributed by atoms with E-state index < -0.39 is 48.4 Å².